The summed E-state index contributed by atoms with van der Waals surface area (Å²) in [5.41, 5.74) is 0. The number of likely N-dealkylation sites (tertiary alicyclic amines) is 1. The molecule has 3 nitrogen and oxygen atoms in total. The summed E-state index contributed by atoms with van der Waals surface area (Å²) in [5, 5.41) is 3.23. The Hall–Kier alpha value is -1.16. The third-order valence-corrected chi connectivity index (χ3v) is 3.07. The quantitative estimate of drug-likeness (QED) is 0.847. The molecule has 1 saturated heterocycles. The number of hydrogen-bond acceptors (Lipinski definition) is 3. The molecule has 0 radical (unpaired) electrons. The van der Waals surface area contributed by atoms with Crippen LogP contribution < -0.4 is 5.32 Å². The Bertz CT molecular complexity index is 320. The number of hydrogen-bond donors (Lipinski definition) is 1. The lowest BCUT2D eigenvalue weighted by Crippen LogP contribution is -2.35. The molecule has 16 heavy (non-hydrogen) atoms. The van der Waals surface area contributed by atoms with Crippen LogP contribution in [-0.4, -0.2) is 35.6 Å². The largest absolute Gasteiger partial charge is 0.369 e. The van der Waals surface area contributed by atoms with Gasteiger partial charge in [-0.3, -0.25) is 4.90 Å². The molecule has 0 saturated carbocycles. The highest BCUT2D eigenvalue weighted by Crippen LogP contribution is 2.12. The maximum Gasteiger partial charge on any atom is 0.141 e. The Morgan fingerprint density at radius 2 is 2.19 bits per heavy atom. The van der Waals surface area contributed by atoms with E-state index in [0.29, 0.717) is 6.04 Å². The minimum atomic E-state index is -0.293. The second kappa shape index (κ2) is 5.25. The molecule has 0 aliphatic carbocycles. The summed E-state index contributed by atoms with van der Waals surface area (Å²) >= 11 is 0. The molecule has 1 atom stereocenters. The van der Waals surface area contributed by atoms with E-state index in [0.717, 1.165) is 12.4 Å². The van der Waals surface area contributed by atoms with Gasteiger partial charge in [-0.15, -0.1) is 0 Å². The van der Waals surface area contributed by atoms with Crippen LogP contribution in [0.5, 0.6) is 0 Å². The summed E-state index contributed by atoms with van der Waals surface area (Å²) in [6.45, 7) is 5.46. The lowest BCUT2D eigenvalue weighted by atomic mass is 10.3. The van der Waals surface area contributed by atoms with Crippen LogP contribution in [0.25, 0.3) is 0 Å². The highest BCUT2D eigenvalue weighted by molar-refractivity contribution is 5.33. The average Bonchev–Trinajstić information content (AvgIpc) is 2.81. The standard InChI is InChI=1S/C12H18FN3/c1-10(16-6-2-3-7-16)8-14-12-5-4-11(13)9-15-12/h4-5,9-10H,2-3,6-8H2,1H3,(H,14,15). The first-order valence-corrected chi connectivity index (χ1v) is 5.85. The molecule has 1 unspecified atom stereocenters. The number of aromatic nitrogens is 1. The van der Waals surface area contributed by atoms with E-state index in [2.05, 4.69) is 22.1 Å². The number of rotatable bonds is 4. The van der Waals surface area contributed by atoms with Crippen LogP contribution in [0.2, 0.25) is 0 Å². The molecule has 0 aromatic carbocycles. The minimum absolute atomic E-state index is 0.293. The van der Waals surface area contributed by atoms with Crippen LogP contribution in [0.1, 0.15) is 19.8 Å². The van der Waals surface area contributed by atoms with Crippen molar-refractivity contribution in [1.82, 2.24) is 9.88 Å². The summed E-state index contributed by atoms with van der Waals surface area (Å²) < 4.78 is 12.6. The zero-order valence-corrected chi connectivity index (χ0v) is 9.62. The van der Waals surface area contributed by atoms with Gasteiger partial charge >= 0.3 is 0 Å². The van der Waals surface area contributed by atoms with Crippen molar-refractivity contribution in [2.75, 3.05) is 25.0 Å². The second-order valence-corrected chi connectivity index (χ2v) is 4.33. The molecule has 2 heterocycles. The highest BCUT2D eigenvalue weighted by atomic mass is 19.1. The monoisotopic (exact) mass is 223 g/mol. The van der Waals surface area contributed by atoms with Gasteiger partial charge in [-0.05, 0) is 45.0 Å². The predicted octanol–water partition coefficient (Wildman–Crippen LogP) is 2.12. The molecule has 0 spiro atoms. The summed E-state index contributed by atoms with van der Waals surface area (Å²) in [6, 6.07) is 3.61. The van der Waals surface area contributed by atoms with Crippen LogP contribution in [0.3, 0.4) is 0 Å². The van der Waals surface area contributed by atoms with Crippen LogP contribution in [0, 0.1) is 5.82 Å². The minimum Gasteiger partial charge on any atom is -0.369 e. The van der Waals surface area contributed by atoms with Crippen molar-refractivity contribution in [3.05, 3.63) is 24.1 Å². The predicted molar refractivity (Wildman–Crippen MR) is 63.0 cm³/mol. The van der Waals surface area contributed by atoms with Crippen molar-refractivity contribution >= 4 is 5.82 Å². The van der Waals surface area contributed by atoms with E-state index >= 15 is 0 Å². The van der Waals surface area contributed by atoms with Crippen molar-refractivity contribution < 1.29 is 4.39 Å². The maximum absolute atomic E-state index is 12.6. The van der Waals surface area contributed by atoms with Gasteiger partial charge in [-0.1, -0.05) is 0 Å². The van der Waals surface area contributed by atoms with Crippen molar-refractivity contribution in [2.45, 2.75) is 25.8 Å². The molecule has 1 fully saturated rings. The molecule has 1 aliphatic rings. The van der Waals surface area contributed by atoms with Gasteiger partial charge in [0.05, 0.1) is 6.20 Å². The zero-order valence-electron chi connectivity index (χ0n) is 9.62. The van der Waals surface area contributed by atoms with Gasteiger partial charge in [0.25, 0.3) is 0 Å². The van der Waals surface area contributed by atoms with Gasteiger partial charge in [0, 0.05) is 12.6 Å². The summed E-state index contributed by atoms with van der Waals surface area (Å²) in [5.74, 6) is 0.450. The summed E-state index contributed by atoms with van der Waals surface area (Å²) in [7, 11) is 0. The molecule has 1 aromatic heterocycles. The third-order valence-electron chi connectivity index (χ3n) is 3.07. The topological polar surface area (TPSA) is 28.2 Å². The van der Waals surface area contributed by atoms with E-state index in [1.807, 2.05) is 0 Å². The Kier molecular flexibility index (Phi) is 3.72. The molecule has 1 N–H and O–H groups in total. The van der Waals surface area contributed by atoms with Gasteiger partial charge in [-0.25, -0.2) is 9.37 Å². The number of halogens is 1. The van der Waals surface area contributed by atoms with Gasteiger partial charge in [0.1, 0.15) is 11.6 Å². The van der Waals surface area contributed by atoms with Gasteiger partial charge in [-0.2, -0.15) is 0 Å². The van der Waals surface area contributed by atoms with E-state index in [1.165, 1.54) is 38.2 Å². The van der Waals surface area contributed by atoms with Gasteiger partial charge in [0.2, 0.25) is 0 Å². The van der Waals surface area contributed by atoms with Gasteiger partial charge in [0.15, 0.2) is 0 Å². The fourth-order valence-corrected chi connectivity index (χ4v) is 2.04. The fraction of sp³-hybridized carbons (Fsp3) is 0.583. The molecule has 4 heteroatoms. The Balaban J connectivity index is 1.80. The van der Waals surface area contributed by atoms with E-state index < -0.39 is 0 Å². The van der Waals surface area contributed by atoms with Crippen LogP contribution in [0.15, 0.2) is 18.3 Å². The van der Waals surface area contributed by atoms with Crippen LogP contribution in [0.4, 0.5) is 10.2 Å². The lowest BCUT2D eigenvalue weighted by Gasteiger charge is -2.24. The zero-order chi connectivity index (χ0) is 11.4. The SMILES string of the molecule is CC(CNc1ccc(F)cn1)N1CCCC1. The normalized spacial score (nSPS) is 18.6. The molecule has 0 amide bonds. The summed E-state index contributed by atoms with van der Waals surface area (Å²) in [6.07, 6.45) is 3.85. The molecule has 0 bridgehead atoms. The molecular weight excluding hydrogens is 205 g/mol. The van der Waals surface area contributed by atoms with E-state index in [9.17, 15) is 4.39 Å². The lowest BCUT2D eigenvalue weighted by molar-refractivity contribution is 0.269. The van der Waals surface area contributed by atoms with E-state index in [4.69, 9.17) is 0 Å². The fourth-order valence-electron chi connectivity index (χ4n) is 2.04. The third kappa shape index (κ3) is 2.92. The second-order valence-electron chi connectivity index (χ2n) is 4.33. The highest BCUT2D eigenvalue weighted by Gasteiger charge is 2.17. The Labute approximate surface area is 95.7 Å². The molecule has 1 aliphatic heterocycles. The van der Waals surface area contributed by atoms with Crippen LogP contribution in [-0.2, 0) is 0 Å². The van der Waals surface area contributed by atoms with E-state index in [-0.39, 0.29) is 5.82 Å². The average molecular weight is 223 g/mol. The first-order valence-electron chi connectivity index (χ1n) is 5.85. The number of anilines is 1. The number of nitrogens with one attached hydrogen (secondary N) is 1. The molecule has 88 valence electrons. The Morgan fingerprint density at radius 1 is 1.44 bits per heavy atom. The molecule has 2 rings (SSSR count). The first-order chi connectivity index (χ1) is 7.75. The van der Waals surface area contributed by atoms with Crippen molar-refractivity contribution in [1.29, 1.82) is 0 Å². The van der Waals surface area contributed by atoms with Gasteiger partial charge < -0.3 is 5.32 Å². The van der Waals surface area contributed by atoms with Crippen molar-refractivity contribution in [3.8, 4) is 0 Å². The first kappa shape index (κ1) is 11.3. The maximum atomic E-state index is 12.6. The summed E-state index contributed by atoms with van der Waals surface area (Å²) in [4.78, 5) is 6.44. The molecule has 1 aromatic rings. The van der Waals surface area contributed by atoms with Crippen LogP contribution >= 0.6 is 0 Å². The van der Waals surface area contributed by atoms with Crippen molar-refractivity contribution in [3.63, 3.8) is 0 Å². The molecular formula is C12H18FN3. The Morgan fingerprint density at radius 3 is 2.81 bits per heavy atom. The smallest absolute Gasteiger partial charge is 0.141 e. The van der Waals surface area contributed by atoms with Crippen molar-refractivity contribution in [2.24, 2.45) is 0 Å². The van der Waals surface area contributed by atoms with E-state index in [1.54, 1.807) is 6.07 Å². The number of nitrogens with zero attached hydrogens (tertiary/aromatic N) is 2. The number of pyridine rings is 1.